The Morgan fingerprint density at radius 3 is 2.45 bits per heavy atom. The number of rotatable bonds is 6. The van der Waals surface area contributed by atoms with E-state index >= 15 is 0 Å². The number of hydrogen-bond donors (Lipinski definition) is 3. The van der Waals surface area contributed by atoms with Crippen LogP contribution in [0.15, 0.2) is 0 Å². The number of carboxylic acids is 1. The molecule has 0 atom stereocenters. The highest BCUT2D eigenvalue weighted by atomic mass is 16.4. The number of nitrogens with zero attached hydrogens (tertiary/aromatic N) is 1. The maximum Gasteiger partial charge on any atom is 0.303 e. The minimum absolute atomic E-state index is 0.00142. The molecule has 0 unspecified atom stereocenters. The van der Waals surface area contributed by atoms with Crippen LogP contribution in [0.1, 0.15) is 38.5 Å². The average Bonchev–Trinajstić information content (AvgIpc) is 2.47. The molecule has 0 aromatic heterocycles. The van der Waals surface area contributed by atoms with Crippen LogP contribution < -0.4 is 5.32 Å². The Morgan fingerprint density at radius 2 is 1.90 bits per heavy atom. The van der Waals surface area contributed by atoms with Crippen molar-refractivity contribution < 1.29 is 15.0 Å². The summed E-state index contributed by atoms with van der Waals surface area (Å²) in [5, 5.41) is 21.9. The molecule has 0 amide bonds. The molecule has 2 saturated heterocycles. The zero-order chi connectivity index (χ0) is 14.4. The van der Waals surface area contributed by atoms with E-state index in [0.717, 1.165) is 51.5 Å². The fraction of sp³-hybridized carbons (Fsp3) is 0.933. The van der Waals surface area contributed by atoms with Crippen LogP contribution >= 0.6 is 0 Å². The van der Waals surface area contributed by atoms with Crippen LogP contribution in [-0.4, -0.2) is 60.4 Å². The number of aliphatic hydroxyl groups is 1. The van der Waals surface area contributed by atoms with Gasteiger partial charge in [0.2, 0.25) is 0 Å². The molecule has 0 saturated carbocycles. The Balaban J connectivity index is 1.71. The van der Waals surface area contributed by atoms with Crippen LogP contribution in [0.25, 0.3) is 0 Å². The van der Waals surface area contributed by atoms with E-state index in [2.05, 4.69) is 10.2 Å². The number of carbonyl (C=O) groups is 1. The molecule has 5 nitrogen and oxygen atoms in total. The van der Waals surface area contributed by atoms with Crippen LogP contribution in [-0.2, 0) is 4.79 Å². The highest BCUT2D eigenvalue weighted by Crippen LogP contribution is 2.34. The van der Waals surface area contributed by atoms with Gasteiger partial charge < -0.3 is 20.4 Å². The number of likely N-dealkylation sites (tertiary alicyclic amines) is 1. The van der Waals surface area contributed by atoms with Crippen LogP contribution in [0.2, 0.25) is 0 Å². The second-order valence-corrected chi connectivity index (χ2v) is 6.55. The first-order valence-corrected chi connectivity index (χ1v) is 7.89. The van der Waals surface area contributed by atoms with E-state index in [1.807, 2.05) is 0 Å². The monoisotopic (exact) mass is 284 g/mol. The van der Waals surface area contributed by atoms with Crippen molar-refractivity contribution in [3.05, 3.63) is 0 Å². The maximum atomic E-state index is 10.9. The topological polar surface area (TPSA) is 72.8 Å². The molecule has 0 radical (unpaired) electrons. The summed E-state index contributed by atoms with van der Waals surface area (Å²) in [7, 11) is 0. The zero-order valence-corrected chi connectivity index (χ0v) is 12.3. The molecule has 2 heterocycles. The highest BCUT2D eigenvalue weighted by Gasteiger charge is 2.36. The van der Waals surface area contributed by atoms with Gasteiger partial charge in [0.25, 0.3) is 0 Å². The van der Waals surface area contributed by atoms with Gasteiger partial charge in [-0.1, -0.05) is 0 Å². The van der Waals surface area contributed by atoms with Gasteiger partial charge in [-0.25, -0.2) is 0 Å². The Hall–Kier alpha value is -0.650. The highest BCUT2D eigenvalue weighted by molar-refractivity contribution is 5.67. The van der Waals surface area contributed by atoms with E-state index in [1.54, 1.807) is 0 Å². The van der Waals surface area contributed by atoms with E-state index in [1.165, 1.54) is 19.3 Å². The number of carboxylic acid groups (broad SMARTS) is 1. The van der Waals surface area contributed by atoms with Crippen LogP contribution in [0.5, 0.6) is 0 Å². The molecule has 2 fully saturated rings. The van der Waals surface area contributed by atoms with E-state index in [0.29, 0.717) is 0 Å². The smallest absolute Gasteiger partial charge is 0.303 e. The minimum Gasteiger partial charge on any atom is -0.481 e. The lowest BCUT2D eigenvalue weighted by atomic mass is 9.76. The second kappa shape index (κ2) is 7.38. The van der Waals surface area contributed by atoms with Gasteiger partial charge in [0.15, 0.2) is 0 Å². The van der Waals surface area contributed by atoms with Crippen molar-refractivity contribution in [2.75, 3.05) is 39.3 Å². The van der Waals surface area contributed by atoms with Crippen LogP contribution in [0, 0.1) is 11.3 Å². The first-order valence-electron chi connectivity index (χ1n) is 7.89. The average molecular weight is 284 g/mol. The summed E-state index contributed by atoms with van der Waals surface area (Å²) in [6.45, 7) is 5.28. The van der Waals surface area contributed by atoms with Gasteiger partial charge in [-0.05, 0) is 70.7 Å². The zero-order valence-electron chi connectivity index (χ0n) is 12.3. The summed E-state index contributed by atoms with van der Waals surface area (Å²) in [6, 6.07) is 0. The molecule has 20 heavy (non-hydrogen) atoms. The number of nitrogens with one attached hydrogen (secondary N) is 1. The first-order chi connectivity index (χ1) is 9.63. The van der Waals surface area contributed by atoms with Gasteiger partial charge >= 0.3 is 5.97 Å². The van der Waals surface area contributed by atoms with Gasteiger partial charge in [-0.2, -0.15) is 0 Å². The number of piperidine rings is 2. The number of hydrogen-bond acceptors (Lipinski definition) is 4. The lowest BCUT2D eigenvalue weighted by molar-refractivity contribution is -0.141. The molecule has 2 rings (SSSR count). The third-order valence-corrected chi connectivity index (χ3v) is 5.09. The predicted octanol–water partition coefficient (Wildman–Crippen LogP) is 0.925. The SMILES string of the molecule is O=C(O)CC1(CO)CCN(CCC2CCNCC2)CC1. The van der Waals surface area contributed by atoms with E-state index in [4.69, 9.17) is 5.11 Å². The molecule has 0 aliphatic carbocycles. The van der Waals surface area contributed by atoms with Crippen molar-refractivity contribution in [1.29, 1.82) is 0 Å². The Bertz CT molecular complexity index is 308. The van der Waals surface area contributed by atoms with Gasteiger partial charge in [0.1, 0.15) is 0 Å². The Morgan fingerprint density at radius 1 is 1.25 bits per heavy atom. The van der Waals surface area contributed by atoms with Gasteiger partial charge in [0, 0.05) is 12.0 Å². The molecule has 0 aromatic rings. The molecule has 116 valence electrons. The van der Waals surface area contributed by atoms with Crippen molar-refractivity contribution >= 4 is 5.97 Å². The fourth-order valence-corrected chi connectivity index (χ4v) is 3.50. The third-order valence-electron chi connectivity index (χ3n) is 5.09. The fourth-order valence-electron chi connectivity index (χ4n) is 3.50. The quantitative estimate of drug-likeness (QED) is 0.676. The summed E-state index contributed by atoms with van der Waals surface area (Å²) in [5.74, 6) is 0.0574. The van der Waals surface area contributed by atoms with Crippen molar-refractivity contribution in [3.8, 4) is 0 Å². The molecule has 0 bridgehead atoms. The van der Waals surface area contributed by atoms with Crippen LogP contribution in [0.3, 0.4) is 0 Å². The molecule has 2 aliphatic heterocycles. The van der Waals surface area contributed by atoms with E-state index in [-0.39, 0.29) is 18.4 Å². The van der Waals surface area contributed by atoms with Crippen molar-refractivity contribution in [2.24, 2.45) is 11.3 Å². The van der Waals surface area contributed by atoms with Crippen molar-refractivity contribution in [1.82, 2.24) is 10.2 Å². The van der Waals surface area contributed by atoms with E-state index in [9.17, 15) is 9.90 Å². The largest absolute Gasteiger partial charge is 0.481 e. The Labute approximate surface area is 121 Å². The van der Waals surface area contributed by atoms with Gasteiger partial charge in [0.05, 0.1) is 6.42 Å². The number of aliphatic hydroxyl groups excluding tert-OH is 1. The summed E-state index contributed by atoms with van der Waals surface area (Å²) in [6.07, 6.45) is 5.54. The molecule has 0 aromatic carbocycles. The Kier molecular flexibility index (Phi) is 5.81. The summed E-state index contributed by atoms with van der Waals surface area (Å²) in [5.41, 5.74) is -0.378. The summed E-state index contributed by atoms with van der Waals surface area (Å²) >= 11 is 0. The van der Waals surface area contributed by atoms with Crippen molar-refractivity contribution in [2.45, 2.75) is 38.5 Å². The van der Waals surface area contributed by atoms with E-state index < -0.39 is 5.97 Å². The lowest BCUT2D eigenvalue weighted by Gasteiger charge is -2.40. The standard InChI is InChI=1S/C15H28N2O3/c18-12-15(11-14(19)20)4-9-17(10-5-15)8-3-13-1-6-16-7-2-13/h13,16,18H,1-12H2,(H,19,20). The minimum atomic E-state index is -0.790. The lowest BCUT2D eigenvalue weighted by Crippen LogP contribution is -2.44. The molecule has 2 aliphatic rings. The summed E-state index contributed by atoms with van der Waals surface area (Å²) in [4.78, 5) is 13.4. The molecule has 3 N–H and O–H groups in total. The molecular formula is C15H28N2O3. The molecule has 5 heteroatoms. The van der Waals surface area contributed by atoms with Gasteiger partial charge in [-0.3, -0.25) is 4.79 Å². The third kappa shape index (κ3) is 4.43. The molecular weight excluding hydrogens is 256 g/mol. The maximum absolute atomic E-state index is 10.9. The normalized spacial score (nSPS) is 24.6. The second-order valence-electron chi connectivity index (χ2n) is 6.55. The molecule has 0 spiro atoms. The summed E-state index contributed by atoms with van der Waals surface area (Å²) < 4.78 is 0. The first kappa shape index (κ1) is 15.7. The van der Waals surface area contributed by atoms with Gasteiger partial charge in [-0.15, -0.1) is 0 Å². The number of aliphatic carboxylic acids is 1. The predicted molar refractivity (Wildman–Crippen MR) is 77.7 cm³/mol. The van der Waals surface area contributed by atoms with Crippen molar-refractivity contribution in [3.63, 3.8) is 0 Å². The van der Waals surface area contributed by atoms with Crippen LogP contribution in [0.4, 0.5) is 0 Å².